The van der Waals surface area contributed by atoms with Crippen LogP contribution in [0.15, 0.2) is 0 Å². The largest absolute Gasteiger partial charge is 0.355 e. The number of fused-ring (bicyclic) bond motifs is 1. The predicted octanol–water partition coefficient (Wildman–Crippen LogP) is 4.38. The molecule has 0 aliphatic carbocycles. The summed E-state index contributed by atoms with van der Waals surface area (Å²) in [6.07, 6.45) is 15.1. The van der Waals surface area contributed by atoms with Crippen LogP contribution in [-0.2, 0) is 0 Å². The Hall–Kier alpha value is -2.38. The number of hydrogen-bond donors (Lipinski definition) is 0. The maximum Gasteiger partial charge on any atom is 0.228 e. The van der Waals surface area contributed by atoms with E-state index in [0.717, 1.165) is 86.9 Å². The van der Waals surface area contributed by atoms with Crippen molar-refractivity contribution in [1.29, 1.82) is 0 Å². The van der Waals surface area contributed by atoms with Crippen LogP contribution in [0.5, 0.6) is 0 Å². The molecule has 0 amide bonds. The molecule has 4 saturated heterocycles. The van der Waals surface area contributed by atoms with Gasteiger partial charge < -0.3 is 19.6 Å². The van der Waals surface area contributed by atoms with Gasteiger partial charge in [0.1, 0.15) is 11.0 Å². The summed E-state index contributed by atoms with van der Waals surface area (Å²) in [5.41, 5.74) is 1.94. The van der Waals surface area contributed by atoms with Gasteiger partial charge in [-0.1, -0.05) is 0 Å². The minimum absolute atomic E-state index is 0.889. The number of nitrogens with zero attached hydrogens (tertiary/aromatic N) is 8. The summed E-state index contributed by atoms with van der Waals surface area (Å²) >= 11 is 0. The smallest absolute Gasteiger partial charge is 0.228 e. The number of rotatable bonds is 4. The summed E-state index contributed by atoms with van der Waals surface area (Å²) in [5.74, 6) is 3.87. The molecule has 34 heavy (non-hydrogen) atoms. The Morgan fingerprint density at radius 2 is 0.618 bits per heavy atom. The van der Waals surface area contributed by atoms with Crippen LogP contribution in [-0.4, -0.2) is 72.3 Å². The quantitative estimate of drug-likeness (QED) is 0.661. The van der Waals surface area contributed by atoms with Crippen molar-refractivity contribution >= 4 is 34.6 Å². The summed E-state index contributed by atoms with van der Waals surface area (Å²) in [6, 6.07) is 0. The Morgan fingerprint density at radius 3 is 0.941 bits per heavy atom. The van der Waals surface area contributed by atoms with Crippen molar-refractivity contribution < 1.29 is 0 Å². The van der Waals surface area contributed by atoms with Crippen LogP contribution < -0.4 is 19.6 Å². The topological polar surface area (TPSA) is 64.5 Å². The van der Waals surface area contributed by atoms with Gasteiger partial charge in [0, 0.05) is 52.4 Å². The monoisotopic (exact) mass is 464 g/mol. The zero-order chi connectivity index (χ0) is 22.7. The summed E-state index contributed by atoms with van der Waals surface area (Å²) < 4.78 is 0. The van der Waals surface area contributed by atoms with Crippen molar-refractivity contribution in [2.45, 2.75) is 77.0 Å². The molecular weight excluding hydrogens is 424 g/mol. The fourth-order valence-electron chi connectivity index (χ4n) is 6.09. The van der Waals surface area contributed by atoms with E-state index in [1.165, 1.54) is 77.0 Å². The molecule has 0 bridgehead atoms. The molecule has 0 atom stereocenters. The third-order valence-electron chi connectivity index (χ3n) is 8.07. The Kier molecular flexibility index (Phi) is 6.56. The highest BCUT2D eigenvalue weighted by atomic mass is 15.3. The van der Waals surface area contributed by atoms with Gasteiger partial charge in [0.05, 0.1) is 0 Å². The Bertz CT molecular complexity index is 891. The predicted molar refractivity (Wildman–Crippen MR) is 139 cm³/mol. The average molecular weight is 465 g/mol. The molecule has 0 saturated carbocycles. The fraction of sp³-hybridized carbons (Fsp3) is 0.769. The molecule has 6 heterocycles. The summed E-state index contributed by atoms with van der Waals surface area (Å²) in [6.45, 7) is 8.46. The van der Waals surface area contributed by atoms with Crippen LogP contribution in [0.4, 0.5) is 23.5 Å². The zero-order valence-corrected chi connectivity index (χ0v) is 20.7. The Labute approximate surface area is 203 Å². The van der Waals surface area contributed by atoms with E-state index in [1.807, 2.05) is 0 Å². The fourth-order valence-corrected chi connectivity index (χ4v) is 6.09. The second-order valence-corrected chi connectivity index (χ2v) is 10.6. The van der Waals surface area contributed by atoms with Crippen molar-refractivity contribution in [3.63, 3.8) is 0 Å². The van der Waals surface area contributed by atoms with E-state index in [2.05, 4.69) is 19.6 Å². The van der Waals surface area contributed by atoms with Gasteiger partial charge in [-0.3, -0.25) is 0 Å². The van der Waals surface area contributed by atoms with Crippen molar-refractivity contribution in [1.82, 2.24) is 19.9 Å². The molecule has 0 spiro atoms. The van der Waals surface area contributed by atoms with E-state index >= 15 is 0 Å². The minimum atomic E-state index is 0.889. The van der Waals surface area contributed by atoms with Gasteiger partial charge in [-0.25, -0.2) is 9.97 Å². The first-order chi connectivity index (χ1) is 16.9. The van der Waals surface area contributed by atoms with Crippen molar-refractivity contribution in [3.05, 3.63) is 0 Å². The first kappa shape index (κ1) is 22.1. The van der Waals surface area contributed by atoms with Gasteiger partial charge in [0.25, 0.3) is 0 Å². The Morgan fingerprint density at radius 1 is 0.324 bits per heavy atom. The lowest BCUT2D eigenvalue weighted by molar-refractivity contribution is 0.558. The van der Waals surface area contributed by atoms with Gasteiger partial charge in [-0.15, -0.1) is 0 Å². The average Bonchev–Trinajstić information content (AvgIpc) is 2.94. The minimum Gasteiger partial charge on any atom is -0.355 e. The molecule has 4 fully saturated rings. The van der Waals surface area contributed by atoms with E-state index in [9.17, 15) is 0 Å². The highest BCUT2D eigenvalue weighted by molar-refractivity contribution is 5.95. The molecule has 0 unspecified atom stereocenters. The van der Waals surface area contributed by atoms with Crippen molar-refractivity contribution in [2.24, 2.45) is 0 Å². The zero-order valence-electron chi connectivity index (χ0n) is 20.7. The van der Waals surface area contributed by atoms with Gasteiger partial charge in [-0.05, 0) is 77.0 Å². The van der Waals surface area contributed by atoms with Gasteiger partial charge in [-0.2, -0.15) is 9.97 Å². The van der Waals surface area contributed by atoms with E-state index in [1.54, 1.807) is 0 Å². The molecule has 184 valence electrons. The Balaban J connectivity index is 1.52. The molecule has 8 nitrogen and oxygen atoms in total. The number of piperidine rings is 4. The van der Waals surface area contributed by atoms with E-state index in [-0.39, 0.29) is 0 Å². The third-order valence-corrected chi connectivity index (χ3v) is 8.07. The van der Waals surface area contributed by atoms with Gasteiger partial charge in [0.15, 0.2) is 11.6 Å². The number of hydrogen-bond acceptors (Lipinski definition) is 8. The number of anilines is 4. The van der Waals surface area contributed by atoms with Gasteiger partial charge in [0.2, 0.25) is 11.9 Å². The molecule has 2 aromatic heterocycles. The first-order valence-electron chi connectivity index (χ1n) is 14.0. The standard InChI is InChI=1S/C26H40N8/c1-5-13-31(14-6-1)23-21-22(28-25(29-23)33-17-9-3-10-18-33)24(32-15-7-2-8-16-32)30-26(27-21)34-19-11-4-12-20-34/h1-20H2. The van der Waals surface area contributed by atoms with E-state index in [4.69, 9.17) is 19.9 Å². The first-order valence-corrected chi connectivity index (χ1v) is 14.0. The summed E-state index contributed by atoms with van der Waals surface area (Å²) in [5, 5.41) is 0. The van der Waals surface area contributed by atoms with E-state index in [0.29, 0.717) is 0 Å². The van der Waals surface area contributed by atoms with Crippen LogP contribution in [0.3, 0.4) is 0 Å². The highest BCUT2D eigenvalue weighted by Crippen LogP contribution is 2.35. The normalized spacial score (nSPS) is 22.5. The lowest BCUT2D eigenvalue weighted by atomic mass is 10.1. The molecule has 0 radical (unpaired) electrons. The molecule has 4 aliphatic rings. The molecule has 4 aliphatic heterocycles. The molecular formula is C26H40N8. The lowest BCUT2D eigenvalue weighted by Crippen LogP contribution is -2.36. The second-order valence-electron chi connectivity index (χ2n) is 10.6. The molecule has 6 rings (SSSR count). The summed E-state index contributed by atoms with van der Waals surface area (Å²) in [7, 11) is 0. The van der Waals surface area contributed by atoms with Crippen LogP contribution in [0.2, 0.25) is 0 Å². The lowest BCUT2D eigenvalue weighted by Gasteiger charge is -2.34. The van der Waals surface area contributed by atoms with Crippen LogP contribution in [0.25, 0.3) is 11.0 Å². The van der Waals surface area contributed by atoms with Gasteiger partial charge >= 0.3 is 0 Å². The van der Waals surface area contributed by atoms with Crippen molar-refractivity contribution in [3.8, 4) is 0 Å². The van der Waals surface area contributed by atoms with Crippen LogP contribution >= 0.6 is 0 Å². The molecule has 2 aromatic rings. The van der Waals surface area contributed by atoms with Crippen molar-refractivity contribution in [2.75, 3.05) is 72.0 Å². The SMILES string of the molecule is C1CCN(c2nc(N3CCCCC3)c3nc(N4CCCCC4)nc(N4CCCCC4)c3n2)CC1. The van der Waals surface area contributed by atoms with Crippen LogP contribution in [0, 0.1) is 0 Å². The third kappa shape index (κ3) is 4.48. The second kappa shape index (κ2) is 10.1. The molecule has 0 N–H and O–H groups in total. The maximum atomic E-state index is 5.23. The highest BCUT2D eigenvalue weighted by Gasteiger charge is 2.27. The molecule has 8 heteroatoms. The van der Waals surface area contributed by atoms with Crippen LogP contribution in [0.1, 0.15) is 77.0 Å². The van der Waals surface area contributed by atoms with E-state index < -0.39 is 0 Å². The number of aromatic nitrogens is 4. The summed E-state index contributed by atoms with van der Waals surface area (Å²) in [4.78, 5) is 30.7. The molecule has 0 aromatic carbocycles. The maximum absolute atomic E-state index is 5.23.